The number of fused-ring (bicyclic) bond motifs is 1. The maximum Gasteiger partial charge on any atom is 0.0124 e. The summed E-state index contributed by atoms with van der Waals surface area (Å²) in [5.41, 5.74) is 0. The van der Waals surface area contributed by atoms with Crippen molar-refractivity contribution in [3.63, 3.8) is 0 Å². The number of halogens is 1. The minimum absolute atomic E-state index is 0.811. The molecule has 88 valence electrons. The highest BCUT2D eigenvalue weighted by Crippen LogP contribution is 2.35. The number of rotatable bonds is 3. The van der Waals surface area contributed by atoms with Crippen LogP contribution in [-0.2, 0) is 0 Å². The van der Waals surface area contributed by atoms with Crippen molar-refractivity contribution >= 4 is 15.9 Å². The van der Waals surface area contributed by atoms with Crippen LogP contribution in [0.5, 0.6) is 0 Å². The van der Waals surface area contributed by atoms with Crippen LogP contribution in [0.15, 0.2) is 0 Å². The molecule has 0 aromatic heterocycles. The van der Waals surface area contributed by atoms with Crippen molar-refractivity contribution in [3.05, 3.63) is 0 Å². The minimum Gasteiger partial charge on any atom is -0.300 e. The van der Waals surface area contributed by atoms with E-state index < -0.39 is 0 Å². The molecule has 1 aliphatic carbocycles. The Hall–Kier alpha value is 0.440. The number of alkyl halides is 1. The zero-order valence-corrected chi connectivity index (χ0v) is 11.5. The van der Waals surface area contributed by atoms with E-state index in [4.69, 9.17) is 0 Å². The van der Waals surface area contributed by atoms with E-state index in [0.29, 0.717) is 0 Å². The number of hydrogen-bond acceptors (Lipinski definition) is 1. The number of hydrogen-bond donors (Lipinski definition) is 0. The molecule has 2 rings (SSSR count). The molecule has 1 saturated carbocycles. The Balaban J connectivity index is 1.91. The quantitative estimate of drug-likeness (QED) is 0.710. The molecule has 1 nitrogen and oxygen atoms in total. The summed E-state index contributed by atoms with van der Waals surface area (Å²) in [4.78, 5) is 2.79. The van der Waals surface area contributed by atoms with E-state index in [1.54, 1.807) is 0 Å². The molecule has 0 radical (unpaired) electrons. The van der Waals surface area contributed by atoms with Gasteiger partial charge < -0.3 is 0 Å². The zero-order valence-electron chi connectivity index (χ0n) is 9.92. The smallest absolute Gasteiger partial charge is 0.0124 e. The molecule has 2 fully saturated rings. The van der Waals surface area contributed by atoms with Gasteiger partial charge >= 0.3 is 0 Å². The summed E-state index contributed by atoms with van der Waals surface area (Å²) < 4.78 is 0. The average Bonchev–Trinajstić information content (AvgIpc) is 2.29. The van der Waals surface area contributed by atoms with E-state index in [1.165, 1.54) is 51.6 Å². The maximum absolute atomic E-state index is 3.60. The van der Waals surface area contributed by atoms with Crippen LogP contribution < -0.4 is 0 Å². The first-order valence-electron chi connectivity index (χ1n) is 6.61. The Kier molecular flexibility index (Phi) is 4.51. The van der Waals surface area contributed by atoms with Crippen LogP contribution in [0.25, 0.3) is 0 Å². The van der Waals surface area contributed by atoms with Crippen molar-refractivity contribution in [2.75, 3.05) is 18.4 Å². The van der Waals surface area contributed by atoms with Crippen molar-refractivity contribution < 1.29 is 0 Å². The van der Waals surface area contributed by atoms with Gasteiger partial charge in [0.2, 0.25) is 0 Å². The van der Waals surface area contributed by atoms with Gasteiger partial charge in [-0.3, -0.25) is 4.90 Å². The molecule has 2 heteroatoms. The van der Waals surface area contributed by atoms with Crippen molar-refractivity contribution in [1.29, 1.82) is 0 Å². The van der Waals surface area contributed by atoms with Gasteiger partial charge in [0.05, 0.1) is 0 Å². The molecular weight excluding hydrogens is 250 g/mol. The summed E-state index contributed by atoms with van der Waals surface area (Å²) in [5.74, 6) is 1.85. The monoisotopic (exact) mass is 273 g/mol. The molecule has 0 spiro atoms. The molecule has 2 aliphatic rings. The average molecular weight is 274 g/mol. The third-order valence-electron chi connectivity index (χ3n) is 4.17. The van der Waals surface area contributed by atoms with Crippen LogP contribution in [-0.4, -0.2) is 29.4 Å². The van der Waals surface area contributed by atoms with Gasteiger partial charge in [-0.2, -0.15) is 0 Å². The highest BCUT2D eigenvalue weighted by Gasteiger charge is 2.33. The molecule has 15 heavy (non-hydrogen) atoms. The Morgan fingerprint density at radius 3 is 2.73 bits per heavy atom. The summed E-state index contributed by atoms with van der Waals surface area (Å²) in [6.45, 7) is 5.03. The molecule has 0 aromatic carbocycles. The van der Waals surface area contributed by atoms with Gasteiger partial charge in [-0.25, -0.2) is 0 Å². The Morgan fingerprint density at radius 2 is 1.93 bits per heavy atom. The summed E-state index contributed by atoms with van der Waals surface area (Å²) >= 11 is 3.60. The van der Waals surface area contributed by atoms with E-state index in [9.17, 15) is 0 Å². The Morgan fingerprint density at radius 1 is 1.20 bits per heavy atom. The molecule has 0 amide bonds. The molecule has 0 bridgehead atoms. The SMILES string of the molecule is CC(CBr)CN1CCC[C@H]2CCCC[C@H]21. The molecule has 0 aromatic rings. The highest BCUT2D eigenvalue weighted by molar-refractivity contribution is 9.09. The van der Waals surface area contributed by atoms with Crippen molar-refractivity contribution in [1.82, 2.24) is 4.90 Å². The number of likely N-dealkylation sites (tertiary alicyclic amines) is 1. The van der Waals surface area contributed by atoms with E-state index >= 15 is 0 Å². The lowest BCUT2D eigenvalue weighted by atomic mass is 9.78. The standard InChI is InChI=1S/C13H24BrN/c1-11(9-14)10-15-8-4-6-12-5-2-3-7-13(12)15/h11-13H,2-10H2,1H3/t11?,12-,13-/m1/s1. The van der Waals surface area contributed by atoms with Gasteiger partial charge in [0, 0.05) is 17.9 Å². The fourth-order valence-corrected chi connectivity index (χ4v) is 3.61. The molecule has 3 atom stereocenters. The zero-order chi connectivity index (χ0) is 10.7. The van der Waals surface area contributed by atoms with E-state index in [0.717, 1.165) is 23.2 Å². The molecular formula is C13H24BrN. The molecule has 1 saturated heterocycles. The lowest BCUT2D eigenvalue weighted by Gasteiger charge is -2.45. The summed E-state index contributed by atoms with van der Waals surface area (Å²) in [6, 6.07) is 0.939. The third-order valence-corrected chi connectivity index (χ3v) is 5.27. The van der Waals surface area contributed by atoms with Crippen LogP contribution in [0.3, 0.4) is 0 Å². The lowest BCUT2D eigenvalue weighted by molar-refractivity contribution is 0.0525. The number of nitrogens with zero attached hydrogens (tertiary/aromatic N) is 1. The molecule has 0 N–H and O–H groups in total. The predicted octanol–water partition coefficient (Wildman–Crippen LogP) is 3.67. The molecule has 1 unspecified atom stereocenters. The van der Waals surface area contributed by atoms with Gasteiger partial charge in [0.15, 0.2) is 0 Å². The van der Waals surface area contributed by atoms with Crippen molar-refractivity contribution in [2.24, 2.45) is 11.8 Å². The topological polar surface area (TPSA) is 3.24 Å². The molecule has 1 aliphatic heterocycles. The maximum atomic E-state index is 3.60. The second kappa shape index (κ2) is 5.67. The van der Waals surface area contributed by atoms with Crippen LogP contribution in [0.2, 0.25) is 0 Å². The van der Waals surface area contributed by atoms with Crippen LogP contribution >= 0.6 is 15.9 Å². The fraction of sp³-hybridized carbons (Fsp3) is 1.00. The largest absolute Gasteiger partial charge is 0.300 e. The van der Waals surface area contributed by atoms with E-state index in [-0.39, 0.29) is 0 Å². The van der Waals surface area contributed by atoms with Crippen LogP contribution in [0, 0.1) is 11.8 Å². The van der Waals surface area contributed by atoms with Gasteiger partial charge in [-0.1, -0.05) is 35.7 Å². The van der Waals surface area contributed by atoms with Gasteiger partial charge in [0.1, 0.15) is 0 Å². The first-order valence-corrected chi connectivity index (χ1v) is 7.73. The van der Waals surface area contributed by atoms with Gasteiger partial charge in [0.25, 0.3) is 0 Å². The fourth-order valence-electron chi connectivity index (χ4n) is 3.40. The summed E-state index contributed by atoms with van der Waals surface area (Å²) in [5, 5.41) is 1.15. The Bertz CT molecular complexity index is 193. The highest BCUT2D eigenvalue weighted by atomic mass is 79.9. The first-order chi connectivity index (χ1) is 7.31. The Labute approximate surface area is 103 Å². The summed E-state index contributed by atoms with van der Waals surface area (Å²) in [6.07, 6.45) is 8.88. The minimum atomic E-state index is 0.811. The van der Waals surface area contributed by atoms with E-state index in [1.807, 2.05) is 0 Å². The number of piperidine rings is 1. The second-order valence-corrected chi connectivity index (χ2v) is 6.16. The summed E-state index contributed by atoms with van der Waals surface area (Å²) in [7, 11) is 0. The lowest BCUT2D eigenvalue weighted by Crippen LogP contribution is -2.48. The second-order valence-electron chi connectivity index (χ2n) is 5.51. The van der Waals surface area contributed by atoms with Crippen molar-refractivity contribution in [3.8, 4) is 0 Å². The van der Waals surface area contributed by atoms with E-state index in [2.05, 4.69) is 27.8 Å². The normalized spacial score (nSPS) is 34.8. The van der Waals surface area contributed by atoms with Gasteiger partial charge in [-0.05, 0) is 44.1 Å². The van der Waals surface area contributed by atoms with Crippen LogP contribution in [0.4, 0.5) is 0 Å². The van der Waals surface area contributed by atoms with Crippen LogP contribution in [0.1, 0.15) is 45.4 Å². The third kappa shape index (κ3) is 2.97. The van der Waals surface area contributed by atoms with Gasteiger partial charge in [-0.15, -0.1) is 0 Å². The molecule has 1 heterocycles. The first kappa shape index (κ1) is 11.9. The predicted molar refractivity (Wildman–Crippen MR) is 69.5 cm³/mol. The van der Waals surface area contributed by atoms with Crippen molar-refractivity contribution in [2.45, 2.75) is 51.5 Å².